The van der Waals surface area contributed by atoms with Crippen molar-refractivity contribution in [1.29, 1.82) is 0 Å². The summed E-state index contributed by atoms with van der Waals surface area (Å²) in [6.07, 6.45) is 2.12. The van der Waals surface area contributed by atoms with Crippen LogP contribution >= 0.6 is 12.4 Å². The Morgan fingerprint density at radius 1 is 0.947 bits per heavy atom. The van der Waals surface area contributed by atoms with Crippen LogP contribution in [-0.4, -0.2) is 30.9 Å². The Balaban J connectivity index is 0.00000336. The van der Waals surface area contributed by atoms with Crippen LogP contribution in [0.25, 0.3) is 10.8 Å². The molecule has 0 fully saturated rings. The van der Waals surface area contributed by atoms with Gasteiger partial charge in [0.25, 0.3) is 0 Å². The molecule has 2 atom stereocenters. The van der Waals surface area contributed by atoms with Crippen molar-refractivity contribution in [1.82, 2.24) is 10.6 Å². The Morgan fingerprint density at radius 3 is 2.45 bits per heavy atom. The number of amides is 2. The molecule has 2 amide bonds. The molecule has 0 radical (unpaired) electrons. The first kappa shape index (κ1) is 27.4. The maximum absolute atomic E-state index is 14.0. The molecular formula is C32H34ClN3O2. The SMILES string of the molecule is CN[C@@H](C)C(=O)N[C@H]1CCc2ccccc2N(Cc2cc(Cc3ccccc3)cc3ccccc23)C1=O.Cl. The van der Waals surface area contributed by atoms with Gasteiger partial charge in [0, 0.05) is 5.69 Å². The first-order chi connectivity index (χ1) is 18.0. The van der Waals surface area contributed by atoms with Crippen LogP contribution in [0.15, 0.2) is 91.0 Å². The van der Waals surface area contributed by atoms with Crippen LogP contribution in [0.5, 0.6) is 0 Å². The van der Waals surface area contributed by atoms with Gasteiger partial charge in [0.1, 0.15) is 6.04 Å². The van der Waals surface area contributed by atoms with Gasteiger partial charge in [-0.25, -0.2) is 0 Å². The summed E-state index contributed by atoms with van der Waals surface area (Å²) >= 11 is 0. The van der Waals surface area contributed by atoms with Crippen molar-refractivity contribution >= 4 is 40.7 Å². The van der Waals surface area contributed by atoms with Crippen LogP contribution in [-0.2, 0) is 29.0 Å². The average molecular weight is 528 g/mol. The number of aryl methyl sites for hydroxylation is 1. The molecule has 38 heavy (non-hydrogen) atoms. The number of anilines is 1. The minimum absolute atomic E-state index is 0. The van der Waals surface area contributed by atoms with Crippen LogP contribution < -0.4 is 15.5 Å². The molecule has 0 aromatic heterocycles. The number of para-hydroxylation sites is 1. The second-order valence-electron chi connectivity index (χ2n) is 9.80. The number of carbonyl (C=O) groups is 2. The summed E-state index contributed by atoms with van der Waals surface area (Å²) < 4.78 is 0. The molecule has 0 saturated heterocycles. The zero-order valence-corrected chi connectivity index (χ0v) is 22.6. The number of likely N-dealkylation sites (N-methyl/N-ethyl adjacent to an activating group) is 1. The third kappa shape index (κ3) is 5.90. The fourth-order valence-corrected chi connectivity index (χ4v) is 5.13. The van der Waals surface area contributed by atoms with Crippen molar-refractivity contribution < 1.29 is 9.59 Å². The molecule has 0 spiro atoms. The fourth-order valence-electron chi connectivity index (χ4n) is 5.13. The highest BCUT2D eigenvalue weighted by atomic mass is 35.5. The fraction of sp³-hybridized carbons (Fsp3) is 0.250. The van der Waals surface area contributed by atoms with Gasteiger partial charge in [-0.2, -0.15) is 0 Å². The van der Waals surface area contributed by atoms with E-state index in [0.717, 1.165) is 40.4 Å². The van der Waals surface area contributed by atoms with Crippen LogP contribution in [0.1, 0.15) is 35.6 Å². The lowest BCUT2D eigenvalue weighted by Gasteiger charge is -2.28. The largest absolute Gasteiger partial charge is 0.343 e. The molecule has 1 heterocycles. The summed E-state index contributed by atoms with van der Waals surface area (Å²) in [5.41, 5.74) is 5.61. The summed E-state index contributed by atoms with van der Waals surface area (Å²) in [6.45, 7) is 2.24. The van der Waals surface area contributed by atoms with Crippen LogP contribution in [0.4, 0.5) is 5.69 Å². The number of fused-ring (bicyclic) bond motifs is 2. The topological polar surface area (TPSA) is 61.4 Å². The number of hydrogen-bond donors (Lipinski definition) is 2. The Kier molecular flexibility index (Phi) is 8.82. The molecule has 0 unspecified atom stereocenters. The van der Waals surface area contributed by atoms with E-state index in [-0.39, 0.29) is 30.3 Å². The number of rotatable bonds is 7. The first-order valence-corrected chi connectivity index (χ1v) is 12.9. The summed E-state index contributed by atoms with van der Waals surface area (Å²) in [5.74, 6) is -0.235. The van der Waals surface area contributed by atoms with Crippen molar-refractivity contribution in [2.75, 3.05) is 11.9 Å². The standard InChI is InChI=1S/C32H33N3O2.ClH/c1-22(33-2)31(36)34-29-17-16-25-12-7-9-15-30(25)35(32(29)37)21-27-20-24(18-23-10-4-3-5-11-23)19-26-13-6-8-14-28(26)27;/h3-15,19-20,22,29,33H,16-18,21H2,1-2H3,(H,34,36);1H/t22-,29-;/m0./s1. The second kappa shape index (κ2) is 12.2. The van der Waals surface area contributed by atoms with Crippen LogP contribution in [0.3, 0.4) is 0 Å². The number of nitrogens with one attached hydrogen (secondary N) is 2. The van der Waals surface area contributed by atoms with E-state index in [9.17, 15) is 9.59 Å². The van der Waals surface area contributed by atoms with Gasteiger partial charge >= 0.3 is 0 Å². The predicted molar refractivity (Wildman–Crippen MR) is 157 cm³/mol. The number of nitrogens with zero attached hydrogens (tertiary/aromatic N) is 1. The minimum Gasteiger partial charge on any atom is -0.343 e. The molecule has 4 aromatic rings. The summed E-state index contributed by atoms with van der Waals surface area (Å²) in [6, 6.07) is 30.4. The molecule has 5 nitrogen and oxygen atoms in total. The molecule has 0 saturated carbocycles. The zero-order valence-electron chi connectivity index (χ0n) is 21.8. The Bertz CT molecular complexity index is 1420. The average Bonchev–Trinajstić information content (AvgIpc) is 3.05. The van der Waals surface area contributed by atoms with Gasteiger partial charge in [-0.15, -0.1) is 12.4 Å². The first-order valence-electron chi connectivity index (χ1n) is 12.9. The van der Waals surface area contributed by atoms with E-state index in [0.29, 0.717) is 13.0 Å². The predicted octanol–water partition coefficient (Wildman–Crippen LogP) is 5.42. The summed E-state index contributed by atoms with van der Waals surface area (Å²) in [4.78, 5) is 28.5. The van der Waals surface area contributed by atoms with Crippen molar-refractivity contribution in [2.45, 2.75) is 44.8 Å². The lowest BCUT2D eigenvalue weighted by atomic mass is 9.96. The van der Waals surface area contributed by atoms with Gasteiger partial charge in [-0.05, 0) is 72.3 Å². The number of halogens is 1. The highest BCUT2D eigenvalue weighted by molar-refractivity contribution is 6.01. The Labute approximate surface area is 230 Å². The van der Waals surface area contributed by atoms with Crippen molar-refractivity contribution in [2.24, 2.45) is 0 Å². The van der Waals surface area contributed by atoms with Crippen LogP contribution in [0.2, 0.25) is 0 Å². The van der Waals surface area contributed by atoms with Gasteiger partial charge in [-0.3, -0.25) is 9.59 Å². The molecule has 4 aromatic carbocycles. The lowest BCUT2D eigenvalue weighted by molar-refractivity contribution is -0.128. The van der Waals surface area contributed by atoms with Crippen molar-refractivity contribution in [3.05, 3.63) is 113 Å². The minimum atomic E-state index is -0.575. The highest BCUT2D eigenvalue weighted by Crippen LogP contribution is 2.31. The van der Waals surface area contributed by atoms with E-state index in [1.807, 2.05) is 35.2 Å². The maximum atomic E-state index is 14.0. The Morgan fingerprint density at radius 2 is 1.66 bits per heavy atom. The Hall–Kier alpha value is -3.67. The second-order valence-corrected chi connectivity index (χ2v) is 9.80. The van der Waals surface area contributed by atoms with Gasteiger partial charge in [-0.1, -0.05) is 84.9 Å². The molecule has 0 bridgehead atoms. The van der Waals surface area contributed by atoms with E-state index in [1.54, 1.807) is 14.0 Å². The van der Waals surface area contributed by atoms with Crippen molar-refractivity contribution in [3.63, 3.8) is 0 Å². The van der Waals surface area contributed by atoms with Gasteiger partial charge in [0.15, 0.2) is 0 Å². The van der Waals surface area contributed by atoms with Crippen molar-refractivity contribution in [3.8, 4) is 0 Å². The highest BCUT2D eigenvalue weighted by Gasteiger charge is 2.32. The third-order valence-corrected chi connectivity index (χ3v) is 7.28. The molecule has 196 valence electrons. The molecular weight excluding hydrogens is 494 g/mol. The zero-order chi connectivity index (χ0) is 25.8. The molecule has 1 aliphatic rings. The molecule has 0 aliphatic carbocycles. The monoisotopic (exact) mass is 527 g/mol. The van der Waals surface area contributed by atoms with E-state index in [1.165, 1.54) is 11.1 Å². The molecule has 1 aliphatic heterocycles. The van der Waals surface area contributed by atoms with Gasteiger partial charge in [0.2, 0.25) is 11.8 Å². The smallest absolute Gasteiger partial charge is 0.249 e. The summed E-state index contributed by atoms with van der Waals surface area (Å²) in [7, 11) is 1.74. The molecule has 2 N–H and O–H groups in total. The molecule has 6 heteroatoms. The third-order valence-electron chi connectivity index (χ3n) is 7.28. The number of carbonyl (C=O) groups excluding carboxylic acids is 2. The van der Waals surface area contributed by atoms with E-state index in [2.05, 4.69) is 71.3 Å². The number of hydrogen-bond acceptors (Lipinski definition) is 3. The number of benzene rings is 4. The van der Waals surface area contributed by atoms with Crippen LogP contribution in [0, 0.1) is 0 Å². The van der Waals surface area contributed by atoms with E-state index < -0.39 is 6.04 Å². The summed E-state index contributed by atoms with van der Waals surface area (Å²) in [5, 5.41) is 8.26. The van der Waals surface area contributed by atoms with Gasteiger partial charge in [0.05, 0.1) is 12.6 Å². The molecule has 5 rings (SSSR count). The van der Waals surface area contributed by atoms with E-state index in [4.69, 9.17) is 0 Å². The maximum Gasteiger partial charge on any atom is 0.249 e. The lowest BCUT2D eigenvalue weighted by Crippen LogP contribution is -2.52. The van der Waals surface area contributed by atoms with E-state index >= 15 is 0 Å². The quantitative estimate of drug-likeness (QED) is 0.337. The normalized spacial score (nSPS) is 15.8. The van der Waals surface area contributed by atoms with Gasteiger partial charge < -0.3 is 15.5 Å².